The molecular formula is C16H24N2O7. The summed E-state index contributed by atoms with van der Waals surface area (Å²) in [6.07, 6.45) is 2.17. The second kappa shape index (κ2) is 8.39. The fourth-order valence-electron chi connectivity index (χ4n) is 3.18. The summed E-state index contributed by atoms with van der Waals surface area (Å²) in [5, 5.41) is 3.64. The van der Waals surface area contributed by atoms with Crippen molar-refractivity contribution in [1.29, 1.82) is 0 Å². The number of methoxy groups -OCH3 is 1. The molecule has 0 saturated carbocycles. The third-order valence-electron chi connectivity index (χ3n) is 4.62. The highest BCUT2D eigenvalue weighted by Gasteiger charge is 2.63. The Kier molecular flexibility index (Phi) is 6.49. The maximum atomic E-state index is 12.8. The van der Waals surface area contributed by atoms with E-state index in [4.69, 9.17) is 9.57 Å². The Morgan fingerprint density at radius 3 is 2.56 bits per heavy atom. The van der Waals surface area contributed by atoms with E-state index in [1.54, 1.807) is 0 Å². The molecule has 140 valence electrons. The van der Waals surface area contributed by atoms with Gasteiger partial charge in [-0.15, -0.1) is 0 Å². The number of nitrogens with zero attached hydrogens (tertiary/aromatic N) is 1. The van der Waals surface area contributed by atoms with E-state index in [-0.39, 0.29) is 6.61 Å². The molecule has 0 aromatic rings. The number of imide groups is 1. The van der Waals surface area contributed by atoms with Gasteiger partial charge in [0.1, 0.15) is 0 Å². The van der Waals surface area contributed by atoms with Gasteiger partial charge in [-0.05, 0) is 32.4 Å². The molecule has 1 N–H and O–H groups in total. The molecule has 2 aliphatic heterocycles. The summed E-state index contributed by atoms with van der Waals surface area (Å²) >= 11 is 0. The smallest absolute Gasteiger partial charge is 0.334 e. The quantitative estimate of drug-likeness (QED) is 0.289. The van der Waals surface area contributed by atoms with Crippen molar-refractivity contribution in [3.05, 3.63) is 0 Å². The number of carbonyl (C=O) groups excluding carboxylic acids is 4. The standard InChI is InChI=1S/C16H24N2O7/c1-3-4-9-24-14(21)12-13(20)18(25-10-11(19)23-2)15(22)16(12)5-7-17-8-6-16/h12,17H,3-10H2,1-2H3. The van der Waals surface area contributed by atoms with Gasteiger partial charge in [-0.1, -0.05) is 13.3 Å². The number of nitrogens with one attached hydrogen (secondary N) is 1. The molecule has 0 aromatic heterocycles. The second-order valence-electron chi connectivity index (χ2n) is 6.15. The van der Waals surface area contributed by atoms with E-state index < -0.39 is 41.7 Å². The molecule has 0 aromatic carbocycles. The predicted molar refractivity (Wildman–Crippen MR) is 83.7 cm³/mol. The molecule has 2 fully saturated rings. The molecule has 9 heteroatoms. The van der Waals surface area contributed by atoms with Gasteiger partial charge in [0.2, 0.25) is 0 Å². The van der Waals surface area contributed by atoms with Gasteiger partial charge in [-0.25, -0.2) is 4.79 Å². The largest absolute Gasteiger partial charge is 0.467 e. The summed E-state index contributed by atoms with van der Waals surface area (Å²) in [5.74, 6) is -4.05. The Bertz CT molecular complexity index is 543. The van der Waals surface area contributed by atoms with Crippen LogP contribution < -0.4 is 5.32 Å². The highest BCUT2D eigenvalue weighted by atomic mass is 16.7. The van der Waals surface area contributed by atoms with Crippen LogP contribution in [0.4, 0.5) is 0 Å². The fourth-order valence-corrected chi connectivity index (χ4v) is 3.18. The Hall–Kier alpha value is -2.00. The number of rotatable bonds is 7. The number of hydrogen-bond donors (Lipinski definition) is 1. The minimum atomic E-state index is -1.24. The molecule has 2 saturated heterocycles. The maximum absolute atomic E-state index is 12.8. The monoisotopic (exact) mass is 356 g/mol. The van der Waals surface area contributed by atoms with Crippen molar-refractivity contribution in [3.8, 4) is 0 Å². The van der Waals surface area contributed by atoms with Crippen LogP contribution in [-0.4, -0.2) is 62.2 Å². The highest BCUT2D eigenvalue weighted by molar-refractivity contribution is 6.15. The molecule has 0 aliphatic carbocycles. The number of ether oxygens (including phenoxy) is 2. The fraction of sp³-hybridized carbons (Fsp3) is 0.750. The van der Waals surface area contributed by atoms with Crippen molar-refractivity contribution in [3.63, 3.8) is 0 Å². The van der Waals surface area contributed by atoms with Crippen LogP contribution in [0.2, 0.25) is 0 Å². The van der Waals surface area contributed by atoms with Gasteiger partial charge in [0.05, 0.1) is 19.1 Å². The van der Waals surface area contributed by atoms with Crippen LogP contribution in [0.25, 0.3) is 0 Å². The van der Waals surface area contributed by atoms with Crippen LogP contribution in [0.3, 0.4) is 0 Å². The lowest BCUT2D eigenvalue weighted by atomic mass is 9.70. The molecule has 1 spiro atoms. The highest BCUT2D eigenvalue weighted by Crippen LogP contribution is 2.46. The number of amides is 2. The number of piperidine rings is 1. The third kappa shape index (κ3) is 3.82. The molecule has 0 radical (unpaired) electrons. The SMILES string of the molecule is CCCCOC(=O)C1C(=O)N(OCC(=O)OC)C(=O)C12CCNCC2. The maximum Gasteiger partial charge on any atom is 0.334 e. The first-order chi connectivity index (χ1) is 12.0. The van der Waals surface area contributed by atoms with Crippen LogP contribution in [0.15, 0.2) is 0 Å². The molecule has 2 rings (SSSR count). The first-order valence-corrected chi connectivity index (χ1v) is 8.43. The molecule has 25 heavy (non-hydrogen) atoms. The topological polar surface area (TPSA) is 111 Å². The Morgan fingerprint density at radius 2 is 1.96 bits per heavy atom. The molecule has 2 aliphatic rings. The third-order valence-corrected chi connectivity index (χ3v) is 4.62. The Morgan fingerprint density at radius 1 is 1.28 bits per heavy atom. The number of hydroxylamine groups is 2. The lowest BCUT2D eigenvalue weighted by Gasteiger charge is -2.34. The molecule has 9 nitrogen and oxygen atoms in total. The van der Waals surface area contributed by atoms with E-state index >= 15 is 0 Å². The molecule has 1 atom stereocenters. The lowest BCUT2D eigenvalue weighted by molar-refractivity contribution is -0.196. The minimum absolute atomic E-state index is 0.199. The zero-order valence-electron chi connectivity index (χ0n) is 14.5. The van der Waals surface area contributed by atoms with Gasteiger partial charge in [-0.2, -0.15) is 5.06 Å². The van der Waals surface area contributed by atoms with Crippen LogP contribution in [0.1, 0.15) is 32.6 Å². The second-order valence-corrected chi connectivity index (χ2v) is 6.15. The van der Waals surface area contributed by atoms with Crippen LogP contribution >= 0.6 is 0 Å². The van der Waals surface area contributed by atoms with E-state index in [0.717, 1.165) is 6.42 Å². The molecule has 2 amide bonds. The van der Waals surface area contributed by atoms with E-state index in [1.165, 1.54) is 7.11 Å². The van der Waals surface area contributed by atoms with Gasteiger partial charge >= 0.3 is 11.9 Å². The minimum Gasteiger partial charge on any atom is -0.467 e. The van der Waals surface area contributed by atoms with E-state index in [2.05, 4.69) is 10.1 Å². The number of carbonyl (C=O) groups is 4. The van der Waals surface area contributed by atoms with Crippen molar-refractivity contribution in [1.82, 2.24) is 10.4 Å². The molecule has 1 unspecified atom stereocenters. The van der Waals surface area contributed by atoms with Crippen molar-refractivity contribution in [2.45, 2.75) is 32.6 Å². The Labute approximate surface area is 145 Å². The molecule has 2 heterocycles. The summed E-state index contributed by atoms with van der Waals surface area (Å²) in [5.41, 5.74) is -1.18. The summed E-state index contributed by atoms with van der Waals surface area (Å²) in [6, 6.07) is 0. The van der Waals surface area contributed by atoms with Crippen LogP contribution in [0.5, 0.6) is 0 Å². The van der Waals surface area contributed by atoms with Crippen molar-refractivity contribution in [2.75, 3.05) is 33.4 Å². The zero-order valence-corrected chi connectivity index (χ0v) is 14.5. The summed E-state index contributed by atoms with van der Waals surface area (Å²) in [6.45, 7) is 2.57. The lowest BCUT2D eigenvalue weighted by Crippen LogP contribution is -2.47. The summed E-state index contributed by atoms with van der Waals surface area (Å²) in [7, 11) is 1.17. The van der Waals surface area contributed by atoms with Crippen LogP contribution in [-0.2, 0) is 33.5 Å². The summed E-state index contributed by atoms with van der Waals surface area (Å²) in [4.78, 5) is 54.3. The van der Waals surface area contributed by atoms with Crippen molar-refractivity contribution >= 4 is 23.8 Å². The average molecular weight is 356 g/mol. The van der Waals surface area contributed by atoms with Gasteiger partial charge in [0, 0.05) is 0 Å². The normalized spacial score (nSPS) is 22.3. The van der Waals surface area contributed by atoms with Gasteiger partial charge in [0.25, 0.3) is 11.8 Å². The number of unbranched alkanes of at least 4 members (excludes halogenated alkanes) is 1. The zero-order chi connectivity index (χ0) is 18.4. The van der Waals surface area contributed by atoms with Gasteiger partial charge < -0.3 is 14.8 Å². The average Bonchev–Trinajstić information content (AvgIpc) is 2.81. The summed E-state index contributed by atoms with van der Waals surface area (Å²) < 4.78 is 9.64. The van der Waals surface area contributed by atoms with Crippen molar-refractivity contribution in [2.24, 2.45) is 11.3 Å². The van der Waals surface area contributed by atoms with Gasteiger partial charge in [-0.3, -0.25) is 19.2 Å². The van der Waals surface area contributed by atoms with E-state index in [9.17, 15) is 19.2 Å². The van der Waals surface area contributed by atoms with Crippen molar-refractivity contribution < 1.29 is 33.5 Å². The Balaban J connectivity index is 2.21. The van der Waals surface area contributed by atoms with Crippen LogP contribution in [0, 0.1) is 11.3 Å². The first-order valence-electron chi connectivity index (χ1n) is 8.43. The number of esters is 2. The van der Waals surface area contributed by atoms with E-state index in [1.807, 2.05) is 6.92 Å². The predicted octanol–water partition coefficient (Wildman–Crippen LogP) is -0.211. The van der Waals surface area contributed by atoms with E-state index in [0.29, 0.717) is 37.4 Å². The number of hydrogen-bond acceptors (Lipinski definition) is 8. The molecule has 0 bridgehead atoms. The first kappa shape index (κ1) is 19.3. The van der Waals surface area contributed by atoms with Gasteiger partial charge in [0.15, 0.2) is 12.5 Å². The molecular weight excluding hydrogens is 332 g/mol.